The molecular weight excluding hydrogens is 236 g/mol. The van der Waals surface area contributed by atoms with Crippen LogP contribution < -0.4 is 0 Å². The van der Waals surface area contributed by atoms with Gasteiger partial charge in [-0.25, -0.2) is 0 Å². The number of rotatable bonds is 2. The molecule has 1 aliphatic carbocycles. The summed E-state index contributed by atoms with van der Waals surface area (Å²) in [7, 11) is 0. The van der Waals surface area contributed by atoms with E-state index in [0.29, 0.717) is 5.92 Å². The summed E-state index contributed by atoms with van der Waals surface area (Å²) in [5.74, 6) is 6.42. The molecule has 0 aromatic heterocycles. The van der Waals surface area contributed by atoms with Gasteiger partial charge in [0, 0.05) is 18.4 Å². The third-order valence-electron chi connectivity index (χ3n) is 3.50. The molecule has 1 atom stereocenters. The fourth-order valence-corrected chi connectivity index (χ4v) is 2.54. The van der Waals surface area contributed by atoms with Gasteiger partial charge < -0.3 is 4.74 Å². The number of benzene rings is 1. The maximum absolute atomic E-state index is 11.2. The summed E-state index contributed by atoms with van der Waals surface area (Å²) < 4.78 is 5.40. The van der Waals surface area contributed by atoms with Crippen molar-refractivity contribution in [2.75, 3.05) is 0 Å². The topological polar surface area (TPSA) is 26.3 Å². The Kier molecular flexibility index (Phi) is 5.03. The van der Waals surface area contributed by atoms with Crippen LogP contribution in [0.5, 0.6) is 0 Å². The SMILES string of the molecule is CC(=O)OC(C#Cc1ccccc1)C1CCCCC1. The van der Waals surface area contributed by atoms with Gasteiger partial charge in [-0.2, -0.15) is 0 Å². The van der Waals surface area contributed by atoms with Gasteiger partial charge in [-0.1, -0.05) is 49.3 Å². The average molecular weight is 256 g/mol. The second kappa shape index (κ2) is 6.99. The molecule has 0 saturated heterocycles. The fraction of sp³-hybridized carbons (Fsp3) is 0.471. The standard InChI is InChI=1S/C17H20O2/c1-14(18)19-17(16-10-6-3-7-11-16)13-12-15-8-4-2-5-9-15/h2,4-5,8-9,16-17H,3,6-7,10-11H2,1H3. The Morgan fingerprint density at radius 2 is 1.89 bits per heavy atom. The lowest BCUT2D eigenvalue weighted by Crippen LogP contribution is -2.26. The Hall–Kier alpha value is -1.75. The largest absolute Gasteiger partial charge is 0.449 e. The predicted molar refractivity (Wildman–Crippen MR) is 75.4 cm³/mol. The van der Waals surface area contributed by atoms with Crippen molar-refractivity contribution in [3.63, 3.8) is 0 Å². The maximum Gasteiger partial charge on any atom is 0.303 e. The molecule has 1 unspecified atom stereocenters. The van der Waals surface area contributed by atoms with Crippen molar-refractivity contribution >= 4 is 5.97 Å². The lowest BCUT2D eigenvalue weighted by molar-refractivity contribution is -0.146. The summed E-state index contributed by atoms with van der Waals surface area (Å²) in [6.45, 7) is 1.46. The normalized spacial score (nSPS) is 17.1. The van der Waals surface area contributed by atoms with Gasteiger partial charge in [0.2, 0.25) is 0 Å². The zero-order valence-electron chi connectivity index (χ0n) is 11.4. The summed E-state index contributed by atoms with van der Waals surface area (Å²) in [6.07, 6.45) is 5.70. The lowest BCUT2D eigenvalue weighted by atomic mass is 9.85. The summed E-state index contributed by atoms with van der Waals surface area (Å²) in [5.41, 5.74) is 0.968. The third kappa shape index (κ3) is 4.44. The van der Waals surface area contributed by atoms with E-state index in [1.165, 1.54) is 26.2 Å². The number of hydrogen-bond donors (Lipinski definition) is 0. The average Bonchev–Trinajstić information content (AvgIpc) is 2.45. The molecular formula is C17H20O2. The van der Waals surface area contributed by atoms with Crippen LogP contribution in [0, 0.1) is 17.8 Å². The summed E-state index contributed by atoms with van der Waals surface area (Å²) in [5, 5.41) is 0. The molecule has 100 valence electrons. The highest BCUT2D eigenvalue weighted by atomic mass is 16.5. The molecule has 0 spiro atoms. The summed E-state index contributed by atoms with van der Waals surface area (Å²) in [4.78, 5) is 11.2. The van der Waals surface area contributed by atoms with Crippen LogP contribution in [-0.2, 0) is 9.53 Å². The number of ether oxygens (including phenoxy) is 1. The molecule has 2 heteroatoms. The number of hydrogen-bond acceptors (Lipinski definition) is 2. The van der Waals surface area contributed by atoms with Gasteiger partial charge in [0.25, 0.3) is 0 Å². The van der Waals surface area contributed by atoms with Crippen molar-refractivity contribution in [1.29, 1.82) is 0 Å². The van der Waals surface area contributed by atoms with Crippen LogP contribution in [0.4, 0.5) is 0 Å². The zero-order chi connectivity index (χ0) is 13.5. The highest BCUT2D eigenvalue weighted by Crippen LogP contribution is 2.27. The molecule has 0 N–H and O–H groups in total. The smallest absolute Gasteiger partial charge is 0.303 e. The molecule has 0 bridgehead atoms. The zero-order valence-corrected chi connectivity index (χ0v) is 11.4. The fourth-order valence-electron chi connectivity index (χ4n) is 2.54. The Labute approximate surface area is 115 Å². The Morgan fingerprint density at radius 1 is 1.21 bits per heavy atom. The number of carbonyl (C=O) groups is 1. The van der Waals surface area contributed by atoms with E-state index in [4.69, 9.17) is 4.74 Å². The van der Waals surface area contributed by atoms with E-state index in [-0.39, 0.29) is 12.1 Å². The van der Waals surface area contributed by atoms with E-state index in [2.05, 4.69) is 11.8 Å². The third-order valence-corrected chi connectivity index (χ3v) is 3.50. The first-order valence-electron chi connectivity index (χ1n) is 6.99. The van der Waals surface area contributed by atoms with Crippen LogP contribution >= 0.6 is 0 Å². The Balaban J connectivity index is 2.09. The van der Waals surface area contributed by atoms with E-state index < -0.39 is 0 Å². The van der Waals surface area contributed by atoms with Crippen molar-refractivity contribution in [2.45, 2.75) is 45.1 Å². The second-order valence-corrected chi connectivity index (χ2v) is 5.06. The minimum absolute atomic E-state index is 0.238. The number of carbonyl (C=O) groups excluding carboxylic acids is 1. The van der Waals surface area contributed by atoms with E-state index >= 15 is 0 Å². The molecule has 0 amide bonds. The maximum atomic E-state index is 11.2. The van der Waals surface area contributed by atoms with Gasteiger partial charge in [0.05, 0.1) is 0 Å². The monoisotopic (exact) mass is 256 g/mol. The van der Waals surface area contributed by atoms with Crippen LogP contribution in [0.2, 0.25) is 0 Å². The van der Waals surface area contributed by atoms with Gasteiger partial charge in [0.1, 0.15) is 0 Å². The molecule has 1 saturated carbocycles. The Morgan fingerprint density at radius 3 is 2.53 bits per heavy atom. The van der Waals surface area contributed by atoms with Crippen LogP contribution in [0.15, 0.2) is 30.3 Å². The van der Waals surface area contributed by atoms with E-state index in [1.807, 2.05) is 30.3 Å². The van der Waals surface area contributed by atoms with Gasteiger partial charge in [-0.15, -0.1) is 0 Å². The molecule has 19 heavy (non-hydrogen) atoms. The second-order valence-electron chi connectivity index (χ2n) is 5.06. The quantitative estimate of drug-likeness (QED) is 0.597. The van der Waals surface area contributed by atoms with Gasteiger partial charge in [-0.05, 0) is 25.0 Å². The Bertz CT molecular complexity index is 461. The van der Waals surface area contributed by atoms with Crippen molar-refractivity contribution in [1.82, 2.24) is 0 Å². The highest BCUT2D eigenvalue weighted by Gasteiger charge is 2.24. The molecule has 1 aromatic rings. The first-order chi connectivity index (χ1) is 9.25. The lowest BCUT2D eigenvalue weighted by Gasteiger charge is -2.26. The van der Waals surface area contributed by atoms with Crippen LogP contribution in [0.25, 0.3) is 0 Å². The molecule has 0 radical (unpaired) electrons. The molecule has 0 aliphatic heterocycles. The molecule has 2 nitrogen and oxygen atoms in total. The number of esters is 1. The molecule has 0 heterocycles. The van der Waals surface area contributed by atoms with Crippen molar-refractivity contribution in [3.8, 4) is 11.8 Å². The van der Waals surface area contributed by atoms with E-state index in [9.17, 15) is 4.79 Å². The summed E-state index contributed by atoms with van der Waals surface area (Å²) >= 11 is 0. The molecule has 1 fully saturated rings. The minimum atomic E-state index is -0.252. The minimum Gasteiger partial charge on any atom is -0.449 e. The molecule has 1 aliphatic rings. The van der Waals surface area contributed by atoms with Crippen LogP contribution in [0.3, 0.4) is 0 Å². The van der Waals surface area contributed by atoms with Crippen LogP contribution in [0.1, 0.15) is 44.6 Å². The highest BCUT2D eigenvalue weighted by molar-refractivity contribution is 5.66. The van der Waals surface area contributed by atoms with Crippen LogP contribution in [-0.4, -0.2) is 12.1 Å². The first-order valence-corrected chi connectivity index (χ1v) is 6.99. The first kappa shape index (κ1) is 13.7. The van der Waals surface area contributed by atoms with Crippen molar-refractivity contribution in [3.05, 3.63) is 35.9 Å². The molecule has 2 rings (SSSR count). The van der Waals surface area contributed by atoms with Gasteiger partial charge in [0.15, 0.2) is 6.10 Å². The van der Waals surface area contributed by atoms with Gasteiger partial charge >= 0.3 is 5.97 Å². The van der Waals surface area contributed by atoms with E-state index in [1.54, 1.807) is 0 Å². The van der Waals surface area contributed by atoms with Gasteiger partial charge in [-0.3, -0.25) is 4.79 Å². The van der Waals surface area contributed by atoms with E-state index in [0.717, 1.165) is 18.4 Å². The van der Waals surface area contributed by atoms with Crippen molar-refractivity contribution in [2.24, 2.45) is 5.92 Å². The van der Waals surface area contributed by atoms with Crippen molar-refractivity contribution < 1.29 is 9.53 Å². The summed E-state index contributed by atoms with van der Waals surface area (Å²) in [6, 6.07) is 9.84. The molecule has 1 aromatic carbocycles. The predicted octanol–water partition coefficient (Wildman–Crippen LogP) is 3.55.